The Bertz CT molecular complexity index is 1710. The third-order valence-corrected chi connectivity index (χ3v) is 8.67. The second-order valence-electron chi connectivity index (χ2n) is 9.75. The van der Waals surface area contributed by atoms with E-state index in [1.165, 1.54) is 30.2 Å². The van der Waals surface area contributed by atoms with Crippen LogP contribution in [0.5, 0.6) is 0 Å². The van der Waals surface area contributed by atoms with Crippen molar-refractivity contribution in [3.8, 4) is 22.4 Å². The van der Waals surface area contributed by atoms with E-state index in [9.17, 15) is 18.3 Å². The summed E-state index contributed by atoms with van der Waals surface area (Å²) in [4.78, 5) is 20.1. The van der Waals surface area contributed by atoms with Crippen LogP contribution in [0.15, 0.2) is 83.3 Å². The lowest BCUT2D eigenvalue weighted by Crippen LogP contribution is -2.16. The Morgan fingerprint density at radius 2 is 1.68 bits per heavy atom. The molecule has 0 unspecified atom stereocenters. The van der Waals surface area contributed by atoms with E-state index in [-0.39, 0.29) is 21.6 Å². The maximum absolute atomic E-state index is 13.2. The Labute approximate surface area is 238 Å². The standard InChI is InChI=1S/C31H28ClN3O4S/c1-20-28(33-31(34-29(20)32)35-40(38,39)25-16-8-15-24(19-25)30(36)37)27-23(18-21-10-4-2-5-11-21)14-9-17-26(27)22-12-6-3-7-13-22/h3,6-9,12-19H,2,4-5,10-11H2,1H3,(H,36,37)(H,33,34,35). The summed E-state index contributed by atoms with van der Waals surface area (Å²) in [6.45, 7) is 1.81. The molecule has 1 fully saturated rings. The molecule has 7 nitrogen and oxygen atoms in total. The monoisotopic (exact) mass is 573 g/mol. The van der Waals surface area contributed by atoms with Gasteiger partial charge in [0.2, 0.25) is 5.95 Å². The number of hydrogen-bond donors (Lipinski definition) is 2. The summed E-state index contributed by atoms with van der Waals surface area (Å²) in [6.07, 6.45) is 7.85. The Kier molecular flexibility index (Phi) is 8.00. The highest BCUT2D eigenvalue weighted by Crippen LogP contribution is 2.39. The molecule has 40 heavy (non-hydrogen) atoms. The zero-order chi connectivity index (χ0) is 28.3. The number of halogens is 1. The topological polar surface area (TPSA) is 109 Å². The largest absolute Gasteiger partial charge is 0.478 e. The summed E-state index contributed by atoms with van der Waals surface area (Å²) >= 11 is 6.57. The van der Waals surface area contributed by atoms with Gasteiger partial charge in [-0.2, -0.15) is 4.98 Å². The predicted molar refractivity (Wildman–Crippen MR) is 158 cm³/mol. The first kappa shape index (κ1) is 27.6. The van der Waals surface area contributed by atoms with Crippen molar-refractivity contribution in [2.45, 2.75) is 43.9 Å². The third-order valence-electron chi connectivity index (χ3n) is 6.98. The van der Waals surface area contributed by atoms with E-state index >= 15 is 0 Å². The Hall–Kier alpha value is -4.01. The number of rotatable bonds is 7. The van der Waals surface area contributed by atoms with Gasteiger partial charge in [-0.25, -0.2) is 22.9 Å². The molecular weight excluding hydrogens is 546 g/mol. The predicted octanol–water partition coefficient (Wildman–Crippen LogP) is 7.62. The van der Waals surface area contributed by atoms with Crippen LogP contribution in [0, 0.1) is 6.92 Å². The zero-order valence-corrected chi connectivity index (χ0v) is 23.5. The van der Waals surface area contributed by atoms with E-state index in [4.69, 9.17) is 11.6 Å². The van der Waals surface area contributed by atoms with Crippen molar-refractivity contribution in [3.63, 3.8) is 0 Å². The summed E-state index contributed by atoms with van der Waals surface area (Å²) in [5, 5.41) is 9.41. The summed E-state index contributed by atoms with van der Waals surface area (Å²) < 4.78 is 28.8. The summed E-state index contributed by atoms with van der Waals surface area (Å²) in [7, 11) is -4.20. The molecule has 5 rings (SSSR count). The van der Waals surface area contributed by atoms with Gasteiger partial charge in [-0.15, -0.1) is 0 Å². The Balaban J connectivity index is 1.66. The van der Waals surface area contributed by atoms with Crippen LogP contribution in [0.3, 0.4) is 0 Å². The molecule has 0 spiro atoms. The Morgan fingerprint density at radius 1 is 0.950 bits per heavy atom. The minimum absolute atomic E-state index is 0.112. The summed E-state index contributed by atoms with van der Waals surface area (Å²) in [5.74, 6) is -1.43. The molecule has 0 radical (unpaired) electrons. The molecule has 0 bridgehead atoms. The van der Waals surface area contributed by atoms with Crippen LogP contribution < -0.4 is 4.72 Å². The fraction of sp³-hybridized carbons (Fsp3) is 0.194. The van der Waals surface area contributed by atoms with Gasteiger partial charge < -0.3 is 5.11 Å². The van der Waals surface area contributed by atoms with Crippen LogP contribution in [0.1, 0.15) is 53.6 Å². The second kappa shape index (κ2) is 11.6. The van der Waals surface area contributed by atoms with Gasteiger partial charge in [0.25, 0.3) is 10.0 Å². The van der Waals surface area contributed by atoms with Gasteiger partial charge >= 0.3 is 5.97 Å². The number of carboxylic acids is 1. The van der Waals surface area contributed by atoms with Gasteiger partial charge in [0, 0.05) is 11.1 Å². The highest BCUT2D eigenvalue weighted by atomic mass is 35.5. The number of carbonyl (C=O) groups is 1. The van der Waals surface area contributed by atoms with Gasteiger partial charge in [0.1, 0.15) is 5.15 Å². The zero-order valence-electron chi connectivity index (χ0n) is 21.9. The van der Waals surface area contributed by atoms with E-state index in [1.807, 2.05) is 55.5 Å². The fourth-order valence-corrected chi connectivity index (χ4v) is 6.10. The fourth-order valence-electron chi connectivity index (χ4n) is 4.94. The van der Waals surface area contributed by atoms with E-state index in [2.05, 4.69) is 20.8 Å². The summed E-state index contributed by atoms with van der Waals surface area (Å²) in [6, 6.07) is 21.1. The van der Waals surface area contributed by atoms with Crippen LogP contribution in [-0.2, 0) is 10.0 Å². The lowest BCUT2D eigenvalue weighted by molar-refractivity contribution is 0.0696. The molecule has 9 heteroatoms. The number of aromatic nitrogens is 2. The molecule has 4 aromatic rings. The lowest BCUT2D eigenvalue weighted by atomic mass is 9.88. The molecule has 0 amide bonds. The molecule has 0 atom stereocenters. The van der Waals surface area contributed by atoms with Crippen LogP contribution in [-0.4, -0.2) is 29.5 Å². The van der Waals surface area contributed by atoms with Crippen LogP contribution >= 0.6 is 11.6 Å². The van der Waals surface area contributed by atoms with Crippen molar-refractivity contribution in [1.82, 2.24) is 9.97 Å². The van der Waals surface area contributed by atoms with Gasteiger partial charge in [0.15, 0.2) is 0 Å². The molecule has 1 aromatic heterocycles. The minimum atomic E-state index is -4.20. The maximum atomic E-state index is 13.2. The maximum Gasteiger partial charge on any atom is 0.335 e. The van der Waals surface area contributed by atoms with E-state index < -0.39 is 16.0 Å². The Morgan fingerprint density at radius 3 is 2.40 bits per heavy atom. The van der Waals surface area contributed by atoms with Gasteiger partial charge in [-0.1, -0.05) is 84.3 Å². The molecular formula is C31H28ClN3O4S. The second-order valence-corrected chi connectivity index (χ2v) is 11.8. The number of carboxylic acid groups (broad SMARTS) is 1. The normalized spacial score (nSPS) is 13.6. The molecule has 0 saturated heterocycles. The molecule has 1 saturated carbocycles. The number of allylic oxidation sites excluding steroid dienone is 1. The number of benzene rings is 3. The highest BCUT2D eigenvalue weighted by molar-refractivity contribution is 7.92. The lowest BCUT2D eigenvalue weighted by Gasteiger charge is -2.19. The molecule has 1 aliphatic carbocycles. The average molecular weight is 574 g/mol. The van der Waals surface area contributed by atoms with E-state index in [0.717, 1.165) is 54.0 Å². The first-order chi connectivity index (χ1) is 19.2. The van der Waals surface area contributed by atoms with Crippen molar-refractivity contribution in [1.29, 1.82) is 0 Å². The summed E-state index contributed by atoms with van der Waals surface area (Å²) in [5.41, 5.74) is 6.08. The van der Waals surface area contributed by atoms with E-state index in [1.54, 1.807) is 0 Å². The third kappa shape index (κ3) is 5.93. The molecule has 1 heterocycles. The van der Waals surface area contributed by atoms with Crippen molar-refractivity contribution >= 4 is 39.6 Å². The van der Waals surface area contributed by atoms with Crippen molar-refractivity contribution < 1.29 is 18.3 Å². The van der Waals surface area contributed by atoms with E-state index in [0.29, 0.717) is 11.3 Å². The number of nitrogens with one attached hydrogen (secondary N) is 1. The smallest absolute Gasteiger partial charge is 0.335 e. The van der Waals surface area contributed by atoms with Crippen LogP contribution in [0.4, 0.5) is 5.95 Å². The quantitative estimate of drug-likeness (QED) is 0.220. The number of anilines is 1. The van der Waals surface area contributed by atoms with Gasteiger partial charge in [0.05, 0.1) is 16.2 Å². The molecule has 2 N–H and O–H groups in total. The first-order valence-corrected chi connectivity index (χ1v) is 14.9. The SMILES string of the molecule is Cc1c(Cl)nc(NS(=O)(=O)c2cccc(C(=O)O)c2)nc1-c1c(C=C2CCCCC2)cccc1-c1ccccc1. The van der Waals surface area contributed by atoms with Crippen LogP contribution in [0.2, 0.25) is 5.15 Å². The number of hydrogen-bond acceptors (Lipinski definition) is 5. The number of sulfonamides is 1. The number of aromatic carboxylic acids is 1. The molecule has 1 aliphatic rings. The number of nitrogens with zero attached hydrogens (tertiary/aromatic N) is 2. The van der Waals surface area contributed by atoms with Crippen molar-refractivity contribution in [2.24, 2.45) is 0 Å². The van der Waals surface area contributed by atoms with Gasteiger partial charge in [-0.05, 0) is 67.5 Å². The van der Waals surface area contributed by atoms with Crippen LogP contribution in [0.25, 0.3) is 28.5 Å². The average Bonchev–Trinajstić information content (AvgIpc) is 2.96. The molecule has 204 valence electrons. The van der Waals surface area contributed by atoms with Gasteiger partial charge in [-0.3, -0.25) is 0 Å². The highest BCUT2D eigenvalue weighted by Gasteiger charge is 2.22. The first-order valence-electron chi connectivity index (χ1n) is 13.0. The van der Waals surface area contributed by atoms with Crippen molar-refractivity contribution in [3.05, 3.63) is 100 Å². The minimum Gasteiger partial charge on any atom is -0.478 e. The van der Waals surface area contributed by atoms with Crippen molar-refractivity contribution in [2.75, 3.05) is 4.72 Å². The molecule has 3 aromatic carbocycles. The molecule has 0 aliphatic heterocycles.